The quantitative estimate of drug-likeness (QED) is 0.358. The molecule has 3 aromatic rings. The summed E-state index contributed by atoms with van der Waals surface area (Å²) < 4.78 is 25.8. The smallest absolute Gasteiger partial charge is 0.192 e. The van der Waals surface area contributed by atoms with Gasteiger partial charge in [-0.3, -0.25) is 0 Å². The van der Waals surface area contributed by atoms with Crippen molar-refractivity contribution in [2.45, 2.75) is 45.0 Å². The minimum absolute atomic E-state index is 0.0210. The number of alkyl halides is 1. The van der Waals surface area contributed by atoms with Crippen molar-refractivity contribution < 1.29 is 13.6 Å². The molecule has 0 radical (unpaired) electrons. The maximum absolute atomic E-state index is 13.7. The van der Waals surface area contributed by atoms with E-state index in [4.69, 9.17) is 19.1 Å². The molecule has 1 saturated heterocycles. The maximum Gasteiger partial charge on any atom is 0.192 e. The Balaban J connectivity index is 1.41. The molecule has 1 atom stereocenters. The van der Waals surface area contributed by atoms with Crippen LogP contribution >= 0.6 is 0 Å². The summed E-state index contributed by atoms with van der Waals surface area (Å²) in [5, 5.41) is 0.994. The molecule has 0 bridgehead atoms. The molecule has 8 heteroatoms. The third kappa shape index (κ3) is 6.22. The van der Waals surface area contributed by atoms with Gasteiger partial charge in [-0.1, -0.05) is 26.8 Å². The van der Waals surface area contributed by atoms with Crippen molar-refractivity contribution in [3.05, 3.63) is 48.7 Å². The number of rotatable bonds is 8. The van der Waals surface area contributed by atoms with Crippen LogP contribution in [0, 0.1) is 0 Å². The van der Waals surface area contributed by atoms with Gasteiger partial charge in [0.05, 0.1) is 11.2 Å². The Hall–Kier alpha value is -2.55. The molecule has 3 heterocycles. The molecule has 0 spiro atoms. The van der Waals surface area contributed by atoms with E-state index in [9.17, 15) is 4.39 Å². The van der Waals surface area contributed by atoms with E-state index >= 15 is 0 Å². The van der Waals surface area contributed by atoms with Gasteiger partial charge in [0.15, 0.2) is 8.32 Å². The van der Waals surface area contributed by atoms with Gasteiger partial charge >= 0.3 is 0 Å². The van der Waals surface area contributed by atoms with Gasteiger partial charge in [0.1, 0.15) is 31.0 Å². The van der Waals surface area contributed by atoms with Crippen molar-refractivity contribution in [2.24, 2.45) is 0 Å². The largest absolute Gasteiger partial charge is 0.491 e. The second-order valence-corrected chi connectivity index (χ2v) is 16.0. The summed E-state index contributed by atoms with van der Waals surface area (Å²) in [6, 6.07) is 14.0. The van der Waals surface area contributed by atoms with Crippen LogP contribution in [-0.4, -0.2) is 75.8 Å². The van der Waals surface area contributed by atoms with Crippen LogP contribution in [0.3, 0.4) is 0 Å². The zero-order valence-corrected chi connectivity index (χ0v) is 23.4. The average Bonchev–Trinajstić information content (AvgIpc) is 2.86. The van der Waals surface area contributed by atoms with Crippen LogP contribution < -0.4 is 9.64 Å². The Labute approximate surface area is 215 Å². The lowest BCUT2D eigenvalue weighted by atomic mass is 10.1. The van der Waals surface area contributed by atoms with E-state index in [1.807, 2.05) is 36.5 Å². The molecule has 0 amide bonds. The number of hydrogen-bond acceptors (Lipinski definition) is 6. The lowest BCUT2D eigenvalue weighted by Gasteiger charge is -2.38. The number of fused-ring (bicyclic) bond motifs is 1. The van der Waals surface area contributed by atoms with Crippen molar-refractivity contribution in [3.63, 3.8) is 0 Å². The van der Waals surface area contributed by atoms with Crippen molar-refractivity contribution in [2.75, 3.05) is 51.4 Å². The lowest BCUT2D eigenvalue weighted by molar-refractivity contribution is 0.0920. The first-order valence-corrected chi connectivity index (χ1v) is 15.6. The molecular weight excluding hydrogens is 471 g/mol. The van der Waals surface area contributed by atoms with E-state index in [0.717, 1.165) is 54.2 Å². The molecule has 1 aromatic carbocycles. The zero-order valence-electron chi connectivity index (χ0n) is 22.4. The molecule has 1 aliphatic heterocycles. The first-order chi connectivity index (χ1) is 17.1. The number of nitrogens with zero attached hydrogens (tertiary/aromatic N) is 4. The Morgan fingerprint density at radius 3 is 2.42 bits per heavy atom. The summed E-state index contributed by atoms with van der Waals surface area (Å²) >= 11 is 0. The zero-order chi connectivity index (χ0) is 25.9. The summed E-state index contributed by atoms with van der Waals surface area (Å²) in [4.78, 5) is 14.2. The van der Waals surface area contributed by atoms with Crippen molar-refractivity contribution in [3.8, 4) is 17.0 Å². The van der Waals surface area contributed by atoms with Crippen molar-refractivity contribution in [1.82, 2.24) is 14.9 Å². The summed E-state index contributed by atoms with van der Waals surface area (Å²) in [6.45, 7) is 14.4. The molecule has 1 aliphatic rings. The summed E-state index contributed by atoms with van der Waals surface area (Å²) in [5.74, 6) is 1.70. The van der Waals surface area contributed by atoms with Crippen molar-refractivity contribution in [1.29, 1.82) is 0 Å². The van der Waals surface area contributed by atoms with E-state index < -0.39 is 21.1 Å². The highest BCUT2D eigenvalue weighted by Gasteiger charge is 2.39. The summed E-state index contributed by atoms with van der Waals surface area (Å²) in [6.07, 6.45) is 1.34. The standard InChI is InChI=1S/C28H39FN4O2Si/c1-28(2,3)36(5,6)35-24(18-29)20-34-23-9-11-25-21(17-23)7-10-26(31-25)22-8-12-27(30-19-22)33-15-13-32(4)14-16-33/h7-12,17,19,24H,13-16,18,20H2,1-6H3. The first kappa shape index (κ1) is 26.5. The SMILES string of the molecule is CN1CCN(c2ccc(-c3ccc4cc(OCC(CF)O[Si](C)(C)C(C)(C)C)ccc4n3)cn2)CC1. The number of likely N-dealkylation sites (N-methyl/N-ethyl adjacent to an activating group) is 1. The molecule has 1 fully saturated rings. The highest BCUT2D eigenvalue weighted by molar-refractivity contribution is 6.74. The number of anilines is 1. The molecule has 6 nitrogen and oxygen atoms in total. The predicted molar refractivity (Wildman–Crippen MR) is 148 cm³/mol. The third-order valence-electron chi connectivity index (χ3n) is 7.41. The third-order valence-corrected chi connectivity index (χ3v) is 11.9. The Morgan fingerprint density at radius 2 is 1.78 bits per heavy atom. The molecule has 194 valence electrons. The van der Waals surface area contributed by atoms with Gasteiger partial charge < -0.3 is 19.0 Å². The van der Waals surface area contributed by atoms with Gasteiger partial charge in [0.25, 0.3) is 0 Å². The molecule has 0 aliphatic carbocycles. The monoisotopic (exact) mass is 510 g/mol. The molecule has 2 aromatic heterocycles. The fourth-order valence-corrected chi connectivity index (χ4v) is 5.33. The first-order valence-electron chi connectivity index (χ1n) is 12.7. The minimum atomic E-state index is -2.07. The normalized spacial score (nSPS) is 16.4. The molecule has 0 saturated carbocycles. The van der Waals surface area contributed by atoms with E-state index in [0.29, 0.717) is 5.75 Å². The Bertz CT molecular complexity index is 1160. The number of ether oxygens (including phenoxy) is 1. The van der Waals surface area contributed by atoms with Gasteiger partial charge in [-0.15, -0.1) is 0 Å². The number of piperazine rings is 1. The van der Waals surface area contributed by atoms with Gasteiger partial charge in [-0.05, 0) is 61.6 Å². The summed E-state index contributed by atoms with van der Waals surface area (Å²) in [7, 11) is 0.0870. The van der Waals surface area contributed by atoms with E-state index in [1.54, 1.807) is 0 Å². The van der Waals surface area contributed by atoms with E-state index in [2.05, 4.69) is 62.8 Å². The fraction of sp³-hybridized carbons (Fsp3) is 0.500. The minimum Gasteiger partial charge on any atom is -0.491 e. The number of hydrogen-bond donors (Lipinski definition) is 0. The number of aromatic nitrogens is 2. The van der Waals surface area contributed by atoms with Crippen LogP contribution in [0.1, 0.15) is 20.8 Å². The van der Waals surface area contributed by atoms with Crippen LogP contribution in [0.25, 0.3) is 22.2 Å². The topological polar surface area (TPSA) is 50.7 Å². The predicted octanol–water partition coefficient (Wildman–Crippen LogP) is 5.79. The van der Waals surface area contributed by atoms with Gasteiger partial charge in [0.2, 0.25) is 0 Å². The number of pyridine rings is 2. The van der Waals surface area contributed by atoms with Crippen molar-refractivity contribution >= 4 is 25.0 Å². The van der Waals surface area contributed by atoms with Gasteiger partial charge in [-0.25, -0.2) is 14.4 Å². The van der Waals surface area contributed by atoms with E-state index in [-0.39, 0.29) is 11.6 Å². The van der Waals surface area contributed by atoms with Crippen LogP contribution in [0.2, 0.25) is 18.1 Å². The second kappa shape index (κ2) is 10.8. The molecule has 36 heavy (non-hydrogen) atoms. The molecular formula is C28H39FN4O2Si. The Kier molecular flexibility index (Phi) is 7.97. The average molecular weight is 511 g/mol. The second-order valence-electron chi connectivity index (χ2n) is 11.2. The highest BCUT2D eigenvalue weighted by Crippen LogP contribution is 2.37. The molecule has 0 N–H and O–H groups in total. The maximum atomic E-state index is 13.7. The van der Waals surface area contributed by atoms with Crippen LogP contribution in [0.5, 0.6) is 5.75 Å². The van der Waals surface area contributed by atoms with Gasteiger partial charge in [0, 0.05) is 43.3 Å². The summed E-state index contributed by atoms with van der Waals surface area (Å²) in [5.41, 5.74) is 2.75. The van der Waals surface area contributed by atoms with Gasteiger partial charge in [-0.2, -0.15) is 0 Å². The number of halogens is 1. The van der Waals surface area contributed by atoms with Crippen LogP contribution in [0.4, 0.5) is 10.2 Å². The fourth-order valence-electron chi connectivity index (χ4n) is 4.01. The molecule has 1 unspecified atom stereocenters. The molecule has 4 rings (SSSR count). The number of benzene rings is 1. The van der Waals surface area contributed by atoms with Crippen LogP contribution in [-0.2, 0) is 4.43 Å². The lowest BCUT2D eigenvalue weighted by Crippen LogP contribution is -2.46. The van der Waals surface area contributed by atoms with E-state index in [1.165, 1.54) is 0 Å². The Morgan fingerprint density at radius 1 is 1.03 bits per heavy atom. The van der Waals surface area contributed by atoms with Crippen LogP contribution in [0.15, 0.2) is 48.7 Å². The highest BCUT2D eigenvalue weighted by atomic mass is 28.4.